The molecule has 0 aromatic heterocycles. The van der Waals surface area contributed by atoms with Gasteiger partial charge in [0.1, 0.15) is 0 Å². The molecule has 0 aliphatic carbocycles. The Morgan fingerprint density at radius 2 is 1.93 bits per heavy atom. The Hall–Kier alpha value is -0.990. The molecule has 0 aliphatic rings. The summed E-state index contributed by atoms with van der Waals surface area (Å²) in [6, 6.07) is 0. The standard InChI is InChI=1S/C12H23NO2/c1-9(2)8-13-10(3)6-12(4,5)7-11(14)15/h9,13H,3,6-8H2,1-2,4-5H3,(H,14,15). The van der Waals surface area contributed by atoms with Crippen LogP contribution in [0.2, 0.25) is 0 Å². The van der Waals surface area contributed by atoms with Gasteiger partial charge in [-0.25, -0.2) is 0 Å². The quantitative estimate of drug-likeness (QED) is 0.683. The first-order valence-corrected chi connectivity index (χ1v) is 5.36. The molecule has 0 aromatic carbocycles. The van der Waals surface area contributed by atoms with Gasteiger partial charge in [-0.1, -0.05) is 34.3 Å². The second-order valence-corrected chi connectivity index (χ2v) is 5.29. The number of rotatable bonds is 7. The summed E-state index contributed by atoms with van der Waals surface area (Å²) >= 11 is 0. The van der Waals surface area contributed by atoms with E-state index in [0.717, 1.165) is 12.2 Å². The monoisotopic (exact) mass is 213 g/mol. The highest BCUT2D eigenvalue weighted by atomic mass is 16.4. The molecule has 0 heterocycles. The van der Waals surface area contributed by atoms with Gasteiger partial charge in [0, 0.05) is 12.2 Å². The molecular formula is C12H23NO2. The first-order valence-electron chi connectivity index (χ1n) is 5.36. The molecule has 88 valence electrons. The van der Waals surface area contributed by atoms with Gasteiger partial charge in [-0.05, 0) is 17.8 Å². The van der Waals surface area contributed by atoms with Crippen LogP contribution in [-0.2, 0) is 4.79 Å². The van der Waals surface area contributed by atoms with Crippen molar-refractivity contribution < 1.29 is 9.90 Å². The maximum Gasteiger partial charge on any atom is 0.303 e. The fraction of sp³-hybridized carbons (Fsp3) is 0.750. The fourth-order valence-electron chi connectivity index (χ4n) is 1.46. The molecule has 0 fully saturated rings. The van der Waals surface area contributed by atoms with Gasteiger partial charge < -0.3 is 10.4 Å². The molecule has 0 rings (SSSR count). The zero-order valence-electron chi connectivity index (χ0n) is 10.3. The van der Waals surface area contributed by atoms with E-state index in [9.17, 15) is 4.79 Å². The molecule has 15 heavy (non-hydrogen) atoms. The molecule has 3 nitrogen and oxygen atoms in total. The van der Waals surface area contributed by atoms with Crippen LogP contribution in [-0.4, -0.2) is 17.6 Å². The van der Waals surface area contributed by atoms with Crippen LogP contribution >= 0.6 is 0 Å². The topological polar surface area (TPSA) is 49.3 Å². The van der Waals surface area contributed by atoms with Gasteiger partial charge in [0.25, 0.3) is 0 Å². The van der Waals surface area contributed by atoms with Gasteiger partial charge >= 0.3 is 5.97 Å². The van der Waals surface area contributed by atoms with Crippen LogP contribution in [0.3, 0.4) is 0 Å². The third-order valence-corrected chi connectivity index (χ3v) is 2.08. The summed E-state index contributed by atoms with van der Waals surface area (Å²) in [7, 11) is 0. The predicted molar refractivity (Wildman–Crippen MR) is 62.6 cm³/mol. The van der Waals surface area contributed by atoms with E-state index in [2.05, 4.69) is 25.7 Å². The van der Waals surface area contributed by atoms with Gasteiger partial charge in [-0.3, -0.25) is 4.79 Å². The lowest BCUT2D eigenvalue weighted by atomic mass is 9.84. The third-order valence-electron chi connectivity index (χ3n) is 2.08. The van der Waals surface area contributed by atoms with Crippen molar-refractivity contribution in [2.24, 2.45) is 11.3 Å². The van der Waals surface area contributed by atoms with Crippen LogP contribution in [0.15, 0.2) is 12.3 Å². The highest BCUT2D eigenvalue weighted by Gasteiger charge is 2.22. The van der Waals surface area contributed by atoms with Crippen LogP contribution in [0.4, 0.5) is 0 Å². The highest BCUT2D eigenvalue weighted by molar-refractivity contribution is 5.67. The number of hydrogen-bond acceptors (Lipinski definition) is 2. The highest BCUT2D eigenvalue weighted by Crippen LogP contribution is 2.27. The molecule has 0 spiro atoms. The summed E-state index contributed by atoms with van der Waals surface area (Å²) in [6.07, 6.45) is 0.876. The summed E-state index contributed by atoms with van der Waals surface area (Å²) in [6.45, 7) is 13.0. The van der Waals surface area contributed by atoms with Gasteiger partial charge in [-0.2, -0.15) is 0 Å². The van der Waals surface area contributed by atoms with E-state index < -0.39 is 5.97 Å². The van der Waals surface area contributed by atoms with E-state index in [4.69, 9.17) is 5.11 Å². The lowest BCUT2D eigenvalue weighted by Crippen LogP contribution is -2.24. The number of allylic oxidation sites excluding steroid dienone is 1. The minimum atomic E-state index is -0.753. The van der Waals surface area contributed by atoms with E-state index in [1.165, 1.54) is 0 Å². The zero-order chi connectivity index (χ0) is 12.1. The maximum absolute atomic E-state index is 10.6. The van der Waals surface area contributed by atoms with Crippen LogP contribution < -0.4 is 5.32 Å². The van der Waals surface area contributed by atoms with Crippen molar-refractivity contribution in [2.75, 3.05) is 6.54 Å². The molecular weight excluding hydrogens is 190 g/mol. The zero-order valence-corrected chi connectivity index (χ0v) is 10.3. The first-order chi connectivity index (χ1) is 6.73. The maximum atomic E-state index is 10.6. The predicted octanol–water partition coefficient (Wildman–Crippen LogP) is 2.64. The fourth-order valence-corrected chi connectivity index (χ4v) is 1.46. The van der Waals surface area contributed by atoms with Gasteiger partial charge in [0.2, 0.25) is 0 Å². The molecule has 3 heteroatoms. The van der Waals surface area contributed by atoms with E-state index in [-0.39, 0.29) is 11.8 Å². The smallest absolute Gasteiger partial charge is 0.303 e. The van der Waals surface area contributed by atoms with Crippen LogP contribution in [0, 0.1) is 11.3 Å². The van der Waals surface area contributed by atoms with Crippen molar-refractivity contribution in [3.05, 3.63) is 12.3 Å². The Balaban J connectivity index is 3.98. The minimum absolute atomic E-state index is 0.176. The van der Waals surface area contributed by atoms with Crippen molar-refractivity contribution in [1.29, 1.82) is 0 Å². The van der Waals surface area contributed by atoms with Crippen LogP contribution in [0.1, 0.15) is 40.5 Å². The van der Waals surface area contributed by atoms with Crippen LogP contribution in [0.5, 0.6) is 0 Å². The average molecular weight is 213 g/mol. The van der Waals surface area contributed by atoms with Crippen molar-refractivity contribution in [1.82, 2.24) is 5.32 Å². The van der Waals surface area contributed by atoms with Crippen molar-refractivity contribution in [3.8, 4) is 0 Å². The molecule has 0 amide bonds. The van der Waals surface area contributed by atoms with Gasteiger partial charge in [-0.15, -0.1) is 0 Å². The van der Waals surface area contributed by atoms with E-state index in [0.29, 0.717) is 12.3 Å². The summed E-state index contributed by atoms with van der Waals surface area (Å²) in [5, 5.41) is 12.0. The third kappa shape index (κ3) is 8.03. The molecule has 0 unspecified atom stereocenters. The molecule has 0 saturated carbocycles. The summed E-state index contributed by atoms with van der Waals surface area (Å²) in [4.78, 5) is 10.6. The molecule has 0 bridgehead atoms. The number of hydrogen-bond donors (Lipinski definition) is 2. The van der Waals surface area contributed by atoms with Gasteiger partial charge in [0.05, 0.1) is 6.42 Å². The molecule has 2 N–H and O–H groups in total. The van der Waals surface area contributed by atoms with Gasteiger partial charge in [0.15, 0.2) is 0 Å². The molecule has 0 aliphatic heterocycles. The Morgan fingerprint density at radius 1 is 1.40 bits per heavy atom. The number of carboxylic acids is 1. The largest absolute Gasteiger partial charge is 0.481 e. The molecule has 0 saturated heterocycles. The average Bonchev–Trinajstić information content (AvgIpc) is 1.96. The van der Waals surface area contributed by atoms with E-state index in [1.54, 1.807) is 0 Å². The number of carboxylic acid groups (broad SMARTS) is 1. The molecule has 0 atom stereocenters. The number of carbonyl (C=O) groups is 1. The SMILES string of the molecule is C=C(CC(C)(C)CC(=O)O)NCC(C)C. The van der Waals surface area contributed by atoms with Crippen molar-refractivity contribution in [2.45, 2.75) is 40.5 Å². The summed E-state index contributed by atoms with van der Waals surface area (Å²) in [5.74, 6) is -0.180. The first kappa shape index (κ1) is 14.0. The Bertz CT molecular complexity index is 232. The van der Waals surface area contributed by atoms with Crippen LogP contribution in [0.25, 0.3) is 0 Å². The summed E-state index contributed by atoms with van der Waals surface area (Å²) in [5.41, 5.74) is 0.697. The number of nitrogens with one attached hydrogen (secondary N) is 1. The van der Waals surface area contributed by atoms with E-state index in [1.807, 2.05) is 13.8 Å². The Kier molecular flexibility index (Phi) is 5.40. The number of aliphatic carboxylic acids is 1. The van der Waals surface area contributed by atoms with E-state index >= 15 is 0 Å². The molecule has 0 aromatic rings. The Morgan fingerprint density at radius 3 is 2.33 bits per heavy atom. The lowest BCUT2D eigenvalue weighted by Gasteiger charge is -2.24. The minimum Gasteiger partial charge on any atom is -0.481 e. The second-order valence-electron chi connectivity index (χ2n) is 5.29. The van der Waals surface area contributed by atoms with Crippen molar-refractivity contribution >= 4 is 5.97 Å². The second kappa shape index (κ2) is 5.79. The lowest BCUT2D eigenvalue weighted by molar-refractivity contribution is -0.139. The normalized spacial score (nSPS) is 11.5. The van der Waals surface area contributed by atoms with Crippen molar-refractivity contribution in [3.63, 3.8) is 0 Å². The summed E-state index contributed by atoms with van der Waals surface area (Å²) < 4.78 is 0. The molecule has 0 radical (unpaired) electrons. The Labute approximate surface area is 92.6 Å².